The summed E-state index contributed by atoms with van der Waals surface area (Å²) in [5.41, 5.74) is 3.14. The summed E-state index contributed by atoms with van der Waals surface area (Å²) < 4.78 is 16.6. The molecule has 2 saturated heterocycles. The highest BCUT2D eigenvalue weighted by atomic mass is 35.5. The molecule has 188 valence electrons. The van der Waals surface area contributed by atoms with Crippen LogP contribution in [0.25, 0.3) is 32.9 Å². The van der Waals surface area contributed by atoms with E-state index >= 15 is 4.39 Å². The highest BCUT2D eigenvalue weighted by Crippen LogP contribution is 2.42. The molecule has 2 aliphatic rings. The van der Waals surface area contributed by atoms with Crippen LogP contribution in [0, 0.1) is 12.7 Å². The van der Waals surface area contributed by atoms with Crippen molar-refractivity contribution in [2.45, 2.75) is 25.9 Å². The highest BCUT2D eigenvalue weighted by molar-refractivity contribution is 6.35. The van der Waals surface area contributed by atoms with Gasteiger partial charge in [-0.1, -0.05) is 17.7 Å². The molecule has 2 N–H and O–H groups in total. The Morgan fingerprint density at radius 3 is 2.69 bits per heavy atom. The van der Waals surface area contributed by atoms with Gasteiger partial charge in [-0.25, -0.2) is 9.37 Å². The second-order valence-electron chi connectivity index (χ2n) is 10.1. The van der Waals surface area contributed by atoms with E-state index in [0.717, 1.165) is 60.6 Å². The lowest BCUT2D eigenvalue weighted by molar-refractivity contribution is 0.245. The number of hydrogen-bond acceptors (Lipinski definition) is 7. The quantitative estimate of drug-likeness (QED) is 0.434. The average molecular weight is 509 g/mol. The Kier molecular flexibility index (Phi) is 5.74. The molecule has 2 aromatic carbocycles. The number of benzene rings is 2. The third-order valence-electron chi connectivity index (χ3n) is 7.58. The molecular formula is C26H30ClFN8. The minimum absolute atomic E-state index is 0.207. The monoisotopic (exact) mass is 508 g/mol. The van der Waals surface area contributed by atoms with Gasteiger partial charge in [-0.15, -0.1) is 0 Å². The summed E-state index contributed by atoms with van der Waals surface area (Å²) in [5, 5.41) is 12.4. The van der Waals surface area contributed by atoms with Crippen molar-refractivity contribution in [3.8, 4) is 11.1 Å². The first kappa shape index (κ1) is 23.4. The van der Waals surface area contributed by atoms with E-state index in [9.17, 15) is 0 Å². The van der Waals surface area contributed by atoms with Crippen molar-refractivity contribution < 1.29 is 4.39 Å². The second kappa shape index (κ2) is 8.83. The summed E-state index contributed by atoms with van der Waals surface area (Å²) in [6.07, 6.45) is 1.72. The molecule has 0 amide bonds. The fourth-order valence-electron chi connectivity index (χ4n) is 5.32. The maximum Gasteiger partial charge on any atom is 0.228 e. The number of anilines is 2. The molecule has 4 aromatic rings. The zero-order chi connectivity index (χ0) is 25.1. The second-order valence-corrected chi connectivity index (χ2v) is 10.6. The molecule has 36 heavy (non-hydrogen) atoms. The summed E-state index contributed by atoms with van der Waals surface area (Å²) in [4.78, 5) is 16.3. The Hall–Kier alpha value is -3.01. The van der Waals surface area contributed by atoms with Crippen LogP contribution in [-0.4, -0.2) is 84.0 Å². The van der Waals surface area contributed by atoms with Crippen molar-refractivity contribution in [1.82, 2.24) is 30.4 Å². The van der Waals surface area contributed by atoms with E-state index < -0.39 is 5.82 Å². The van der Waals surface area contributed by atoms with E-state index in [1.54, 1.807) is 6.20 Å². The predicted octanol–water partition coefficient (Wildman–Crippen LogP) is 3.82. The number of nitrogens with one attached hydrogen (secondary N) is 2. The van der Waals surface area contributed by atoms with Gasteiger partial charge in [-0.2, -0.15) is 10.1 Å². The Morgan fingerprint density at radius 2 is 1.94 bits per heavy atom. The molecule has 0 bridgehead atoms. The summed E-state index contributed by atoms with van der Waals surface area (Å²) >= 11 is 6.85. The third kappa shape index (κ3) is 3.68. The van der Waals surface area contributed by atoms with E-state index in [4.69, 9.17) is 21.6 Å². The molecule has 0 saturated carbocycles. The lowest BCUT2D eigenvalue weighted by Gasteiger charge is -2.43. The smallest absolute Gasteiger partial charge is 0.228 e. The Bertz CT molecular complexity index is 1460. The Labute approximate surface area is 214 Å². The number of likely N-dealkylation sites (N-methyl/N-ethyl adjacent to an activating group) is 1. The van der Waals surface area contributed by atoms with Crippen molar-refractivity contribution in [3.63, 3.8) is 0 Å². The van der Waals surface area contributed by atoms with Gasteiger partial charge in [0.15, 0.2) is 5.82 Å². The van der Waals surface area contributed by atoms with Crippen LogP contribution >= 0.6 is 11.6 Å². The molecule has 2 fully saturated rings. The first-order chi connectivity index (χ1) is 17.3. The molecule has 8 nitrogen and oxygen atoms in total. The number of aromatic amines is 1. The van der Waals surface area contributed by atoms with Gasteiger partial charge in [0.25, 0.3) is 0 Å². The maximum atomic E-state index is 16.6. The molecule has 6 rings (SSSR count). The van der Waals surface area contributed by atoms with Crippen LogP contribution in [0.5, 0.6) is 0 Å². The number of halogens is 2. The summed E-state index contributed by atoms with van der Waals surface area (Å²) in [6.45, 7) is 8.19. The van der Waals surface area contributed by atoms with Crippen molar-refractivity contribution in [2.24, 2.45) is 0 Å². The minimum Gasteiger partial charge on any atom is -0.351 e. The summed E-state index contributed by atoms with van der Waals surface area (Å²) in [7, 11) is 4.15. The van der Waals surface area contributed by atoms with Gasteiger partial charge >= 0.3 is 0 Å². The van der Waals surface area contributed by atoms with Crippen molar-refractivity contribution in [3.05, 3.63) is 40.8 Å². The van der Waals surface area contributed by atoms with Gasteiger partial charge in [-0.3, -0.25) is 5.10 Å². The highest BCUT2D eigenvalue weighted by Gasteiger charge is 2.33. The number of aryl methyl sites for hydroxylation is 1. The first-order valence-electron chi connectivity index (χ1n) is 12.3. The topological polar surface area (TPSA) is 76.2 Å². The summed E-state index contributed by atoms with van der Waals surface area (Å²) in [5.74, 6) is 0.876. The van der Waals surface area contributed by atoms with Crippen LogP contribution in [0.4, 0.5) is 16.2 Å². The Morgan fingerprint density at radius 1 is 1.14 bits per heavy atom. The standard InChI is InChI=1S/C26H30ClFN8/c1-14-5-6-20-18(11-30-33-20)21(14)22-19(27)9-17-24(23(22)28)31-26(35-12-16(13-35)34(3)4)32-25(17)36-8-7-29-10-15(36)2/h5-6,9,11,15-16,29H,7-8,10,12-13H2,1-4H3,(H,30,33). The fourth-order valence-corrected chi connectivity index (χ4v) is 5.60. The molecule has 0 radical (unpaired) electrons. The van der Waals surface area contributed by atoms with Gasteiger partial charge in [-0.05, 0) is 45.6 Å². The van der Waals surface area contributed by atoms with Crippen LogP contribution in [0.3, 0.4) is 0 Å². The largest absolute Gasteiger partial charge is 0.351 e. The van der Waals surface area contributed by atoms with E-state index in [1.165, 1.54) is 0 Å². The Balaban J connectivity index is 1.58. The van der Waals surface area contributed by atoms with Crippen molar-refractivity contribution in [2.75, 3.05) is 56.6 Å². The van der Waals surface area contributed by atoms with Crippen LogP contribution in [-0.2, 0) is 0 Å². The van der Waals surface area contributed by atoms with E-state index in [1.807, 2.05) is 25.1 Å². The number of nitrogens with zero attached hydrogens (tertiary/aromatic N) is 6. The number of rotatable bonds is 4. The van der Waals surface area contributed by atoms with E-state index in [-0.39, 0.29) is 6.04 Å². The van der Waals surface area contributed by atoms with Gasteiger partial charge < -0.3 is 20.0 Å². The molecule has 4 heterocycles. The predicted molar refractivity (Wildman–Crippen MR) is 144 cm³/mol. The molecule has 2 aliphatic heterocycles. The molecule has 10 heteroatoms. The molecule has 1 atom stereocenters. The van der Waals surface area contributed by atoms with Crippen LogP contribution in [0.2, 0.25) is 5.02 Å². The molecule has 1 unspecified atom stereocenters. The maximum absolute atomic E-state index is 16.6. The van der Waals surface area contributed by atoms with Gasteiger partial charge in [0.2, 0.25) is 5.95 Å². The average Bonchev–Trinajstić information content (AvgIpc) is 3.28. The van der Waals surface area contributed by atoms with Crippen molar-refractivity contribution in [1.29, 1.82) is 0 Å². The fraction of sp³-hybridized carbons (Fsp3) is 0.423. The molecule has 2 aromatic heterocycles. The zero-order valence-electron chi connectivity index (χ0n) is 20.9. The van der Waals surface area contributed by atoms with Gasteiger partial charge in [0, 0.05) is 66.7 Å². The van der Waals surface area contributed by atoms with E-state index in [0.29, 0.717) is 33.5 Å². The summed E-state index contributed by atoms with van der Waals surface area (Å²) in [6, 6.07) is 6.37. The third-order valence-corrected chi connectivity index (χ3v) is 7.88. The molecule has 0 spiro atoms. The normalized spacial score (nSPS) is 19.0. The molecular weight excluding hydrogens is 479 g/mol. The molecule has 0 aliphatic carbocycles. The van der Waals surface area contributed by atoms with Crippen LogP contribution in [0.1, 0.15) is 12.5 Å². The number of fused-ring (bicyclic) bond motifs is 2. The van der Waals surface area contributed by atoms with Crippen LogP contribution < -0.4 is 15.1 Å². The number of H-pyrrole nitrogens is 1. The SMILES string of the molecule is Cc1ccc2[nH]ncc2c1-c1c(Cl)cc2c(N3CCNCC3C)nc(N3CC(N(C)C)C3)nc2c1F. The number of hydrogen-bond donors (Lipinski definition) is 2. The van der Waals surface area contributed by atoms with Gasteiger partial charge in [0.05, 0.1) is 16.7 Å². The van der Waals surface area contributed by atoms with Crippen molar-refractivity contribution >= 4 is 45.2 Å². The minimum atomic E-state index is -0.424. The van der Waals surface area contributed by atoms with Gasteiger partial charge in [0.1, 0.15) is 11.3 Å². The number of aromatic nitrogens is 4. The lowest BCUT2D eigenvalue weighted by atomic mass is 9.95. The zero-order valence-corrected chi connectivity index (χ0v) is 21.7. The van der Waals surface area contributed by atoms with Crippen LogP contribution in [0.15, 0.2) is 24.4 Å². The number of piperazine rings is 1. The van der Waals surface area contributed by atoms with E-state index in [2.05, 4.69) is 51.2 Å². The lowest BCUT2D eigenvalue weighted by Crippen LogP contribution is -2.58. The first-order valence-corrected chi connectivity index (χ1v) is 12.7.